The second kappa shape index (κ2) is 8.05. The zero-order valence-electron chi connectivity index (χ0n) is 13.8. The number of nitrogens with zero attached hydrogens (tertiary/aromatic N) is 1. The van der Waals surface area contributed by atoms with Gasteiger partial charge < -0.3 is 9.47 Å². The summed E-state index contributed by atoms with van der Waals surface area (Å²) in [5.41, 5.74) is 1.85. The first-order valence-corrected chi connectivity index (χ1v) is 10.2. The summed E-state index contributed by atoms with van der Waals surface area (Å²) in [6.07, 6.45) is 0. The Bertz CT molecular complexity index is 785. The molecule has 1 aliphatic rings. The number of carbonyl (C=O) groups is 1. The SMILES string of the molecule is CCOc1c(I)cc([C@H]2SCC(=O)N2c2ccc(Cl)cc2)cc1OC. The summed E-state index contributed by atoms with van der Waals surface area (Å²) >= 11 is 9.82. The molecule has 0 aromatic heterocycles. The molecule has 1 amide bonds. The average Bonchev–Trinajstić information content (AvgIpc) is 2.99. The third kappa shape index (κ3) is 3.85. The van der Waals surface area contributed by atoms with Gasteiger partial charge in [0.15, 0.2) is 11.5 Å². The van der Waals surface area contributed by atoms with Gasteiger partial charge in [-0.3, -0.25) is 9.69 Å². The number of rotatable bonds is 5. The molecule has 25 heavy (non-hydrogen) atoms. The maximum absolute atomic E-state index is 12.5. The fourth-order valence-corrected chi connectivity index (χ4v) is 4.78. The second-order valence-electron chi connectivity index (χ2n) is 5.37. The van der Waals surface area contributed by atoms with E-state index in [0.717, 1.165) is 20.6 Å². The number of amides is 1. The normalized spacial score (nSPS) is 17.0. The third-order valence-corrected chi connectivity index (χ3v) is 6.06. The zero-order valence-corrected chi connectivity index (χ0v) is 17.5. The van der Waals surface area contributed by atoms with Crippen molar-refractivity contribution in [2.75, 3.05) is 24.4 Å². The summed E-state index contributed by atoms with van der Waals surface area (Å²) < 4.78 is 12.2. The standard InChI is InChI=1S/C18H17ClINO3S/c1-3-24-17-14(20)8-11(9-15(17)23-2)18-21(16(22)10-25-18)13-6-4-12(19)5-7-13/h4-9,18H,3,10H2,1-2H3/t18-/m1/s1. The van der Waals surface area contributed by atoms with Crippen LogP contribution >= 0.6 is 46.0 Å². The van der Waals surface area contributed by atoms with Crippen LogP contribution < -0.4 is 14.4 Å². The zero-order chi connectivity index (χ0) is 18.0. The van der Waals surface area contributed by atoms with Crippen LogP contribution in [0.5, 0.6) is 11.5 Å². The minimum atomic E-state index is -0.105. The van der Waals surface area contributed by atoms with Gasteiger partial charge in [-0.15, -0.1) is 11.8 Å². The highest BCUT2D eigenvalue weighted by atomic mass is 127. The van der Waals surface area contributed by atoms with Crippen molar-refractivity contribution in [1.29, 1.82) is 0 Å². The lowest BCUT2D eigenvalue weighted by atomic mass is 10.1. The molecule has 1 heterocycles. The van der Waals surface area contributed by atoms with Gasteiger partial charge in [-0.2, -0.15) is 0 Å². The van der Waals surface area contributed by atoms with E-state index < -0.39 is 0 Å². The molecule has 0 aliphatic carbocycles. The van der Waals surface area contributed by atoms with Gasteiger partial charge in [-0.1, -0.05) is 11.6 Å². The van der Waals surface area contributed by atoms with Crippen molar-refractivity contribution in [3.63, 3.8) is 0 Å². The van der Waals surface area contributed by atoms with Crippen LogP contribution in [0.2, 0.25) is 5.02 Å². The smallest absolute Gasteiger partial charge is 0.238 e. The summed E-state index contributed by atoms with van der Waals surface area (Å²) in [5, 5.41) is 0.545. The van der Waals surface area contributed by atoms with Gasteiger partial charge in [0.05, 0.1) is 23.0 Å². The fraction of sp³-hybridized carbons (Fsp3) is 0.278. The van der Waals surface area contributed by atoms with Crippen LogP contribution in [0.15, 0.2) is 36.4 Å². The van der Waals surface area contributed by atoms with E-state index >= 15 is 0 Å². The number of hydrogen-bond acceptors (Lipinski definition) is 4. The second-order valence-corrected chi connectivity index (χ2v) is 8.04. The molecule has 2 aromatic rings. The summed E-state index contributed by atoms with van der Waals surface area (Å²) in [6, 6.07) is 11.3. The van der Waals surface area contributed by atoms with Crippen LogP contribution in [0.25, 0.3) is 0 Å². The average molecular weight is 490 g/mol. The van der Waals surface area contributed by atoms with E-state index in [0.29, 0.717) is 23.1 Å². The number of methoxy groups -OCH3 is 1. The third-order valence-electron chi connectivity index (χ3n) is 3.80. The van der Waals surface area contributed by atoms with E-state index in [9.17, 15) is 4.79 Å². The Balaban J connectivity index is 2.01. The number of anilines is 1. The fourth-order valence-electron chi connectivity index (χ4n) is 2.72. The Kier molecular flexibility index (Phi) is 6.01. The van der Waals surface area contributed by atoms with Gasteiger partial charge in [-0.05, 0) is 71.5 Å². The van der Waals surface area contributed by atoms with Crippen LogP contribution in [0.4, 0.5) is 5.69 Å². The number of halogens is 2. The van der Waals surface area contributed by atoms with Crippen LogP contribution in [0, 0.1) is 3.57 Å². The number of carbonyl (C=O) groups excluding carboxylic acids is 1. The van der Waals surface area contributed by atoms with Crippen molar-refractivity contribution in [1.82, 2.24) is 0 Å². The van der Waals surface area contributed by atoms with Crippen molar-refractivity contribution in [3.05, 3.63) is 50.6 Å². The number of ether oxygens (including phenoxy) is 2. The molecular formula is C18H17ClINO3S. The first-order chi connectivity index (χ1) is 12.0. The van der Waals surface area contributed by atoms with Crippen LogP contribution in [0.1, 0.15) is 17.9 Å². The molecule has 0 N–H and O–H groups in total. The molecule has 1 saturated heterocycles. The van der Waals surface area contributed by atoms with Gasteiger partial charge in [0.25, 0.3) is 0 Å². The van der Waals surface area contributed by atoms with Gasteiger partial charge in [-0.25, -0.2) is 0 Å². The van der Waals surface area contributed by atoms with E-state index in [1.807, 2.05) is 36.1 Å². The Morgan fingerprint density at radius 2 is 2.04 bits per heavy atom. The quantitative estimate of drug-likeness (QED) is 0.546. The van der Waals surface area contributed by atoms with Crippen molar-refractivity contribution >= 4 is 57.5 Å². The van der Waals surface area contributed by atoms with E-state index in [-0.39, 0.29) is 11.3 Å². The maximum Gasteiger partial charge on any atom is 0.238 e. The molecule has 0 unspecified atom stereocenters. The highest BCUT2D eigenvalue weighted by molar-refractivity contribution is 14.1. The summed E-state index contributed by atoms with van der Waals surface area (Å²) in [6.45, 7) is 2.51. The largest absolute Gasteiger partial charge is 0.493 e. The lowest BCUT2D eigenvalue weighted by Crippen LogP contribution is -2.27. The van der Waals surface area contributed by atoms with Crippen molar-refractivity contribution in [2.45, 2.75) is 12.3 Å². The van der Waals surface area contributed by atoms with E-state index in [1.165, 1.54) is 0 Å². The van der Waals surface area contributed by atoms with Crippen molar-refractivity contribution in [3.8, 4) is 11.5 Å². The number of hydrogen-bond donors (Lipinski definition) is 0. The lowest BCUT2D eigenvalue weighted by molar-refractivity contribution is -0.115. The van der Waals surface area contributed by atoms with Crippen LogP contribution in [-0.2, 0) is 4.79 Å². The molecule has 1 fully saturated rings. The first-order valence-electron chi connectivity index (χ1n) is 7.74. The predicted molar refractivity (Wildman–Crippen MR) is 111 cm³/mol. The molecular weight excluding hydrogens is 473 g/mol. The van der Waals surface area contributed by atoms with Gasteiger partial charge >= 0.3 is 0 Å². The lowest BCUT2D eigenvalue weighted by Gasteiger charge is -2.25. The Labute approximate surface area is 170 Å². The molecule has 0 spiro atoms. The van der Waals surface area contributed by atoms with Crippen LogP contribution in [-0.4, -0.2) is 25.4 Å². The molecule has 3 rings (SSSR count). The van der Waals surface area contributed by atoms with E-state index in [2.05, 4.69) is 22.6 Å². The molecule has 0 bridgehead atoms. The molecule has 132 valence electrons. The number of benzene rings is 2. The minimum absolute atomic E-state index is 0.0835. The molecule has 1 atom stereocenters. The van der Waals surface area contributed by atoms with Gasteiger partial charge in [0, 0.05) is 10.7 Å². The predicted octanol–water partition coefficient (Wildman–Crippen LogP) is 5.13. The van der Waals surface area contributed by atoms with Crippen molar-refractivity contribution in [2.24, 2.45) is 0 Å². The molecule has 0 saturated carbocycles. The molecule has 2 aromatic carbocycles. The monoisotopic (exact) mass is 489 g/mol. The molecule has 0 radical (unpaired) electrons. The maximum atomic E-state index is 12.5. The summed E-state index contributed by atoms with van der Waals surface area (Å²) in [4.78, 5) is 14.3. The van der Waals surface area contributed by atoms with E-state index in [1.54, 1.807) is 31.0 Å². The minimum Gasteiger partial charge on any atom is -0.493 e. The summed E-state index contributed by atoms with van der Waals surface area (Å²) in [7, 11) is 1.63. The molecule has 4 nitrogen and oxygen atoms in total. The Morgan fingerprint density at radius 3 is 2.68 bits per heavy atom. The van der Waals surface area contributed by atoms with Gasteiger partial charge in [0.2, 0.25) is 5.91 Å². The van der Waals surface area contributed by atoms with Crippen molar-refractivity contribution < 1.29 is 14.3 Å². The Morgan fingerprint density at radius 1 is 1.32 bits per heavy atom. The highest BCUT2D eigenvalue weighted by Crippen LogP contribution is 2.45. The van der Waals surface area contributed by atoms with E-state index in [4.69, 9.17) is 21.1 Å². The first kappa shape index (κ1) is 18.7. The van der Waals surface area contributed by atoms with Gasteiger partial charge in [0.1, 0.15) is 5.37 Å². The topological polar surface area (TPSA) is 38.8 Å². The molecule has 1 aliphatic heterocycles. The highest BCUT2D eigenvalue weighted by Gasteiger charge is 2.35. The Hall–Kier alpha value is -1.12. The number of thioether (sulfide) groups is 1. The summed E-state index contributed by atoms with van der Waals surface area (Å²) in [5.74, 6) is 1.95. The molecule has 7 heteroatoms. The van der Waals surface area contributed by atoms with Crippen LogP contribution in [0.3, 0.4) is 0 Å².